The molecule has 0 atom stereocenters. The topological polar surface area (TPSA) is 58.1 Å². The molecule has 0 amide bonds. The maximum Gasteiger partial charge on any atom is 0.169 e. The van der Waals surface area contributed by atoms with Crippen molar-refractivity contribution in [3.63, 3.8) is 0 Å². The van der Waals surface area contributed by atoms with E-state index in [1.54, 1.807) is 24.4 Å². The van der Waals surface area contributed by atoms with Gasteiger partial charge >= 0.3 is 0 Å². The van der Waals surface area contributed by atoms with Gasteiger partial charge in [-0.15, -0.1) is 4.91 Å². The Labute approximate surface area is 185 Å². The quantitative estimate of drug-likeness (QED) is 0.231. The molecule has 8 heteroatoms. The van der Waals surface area contributed by atoms with Crippen LogP contribution in [0.1, 0.15) is 17.5 Å². The van der Waals surface area contributed by atoms with Crippen molar-refractivity contribution in [3.05, 3.63) is 105 Å². The monoisotopic (exact) mass is 443 g/mol. The molecule has 0 aliphatic carbocycles. The Morgan fingerprint density at radius 3 is 2.43 bits per heavy atom. The highest BCUT2D eigenvalue weighted by atomic mass is 35.5. The molecule has 6 nitrogen and oxygen atoms in total. The molecule has 1 aromatic heterocycles. The number of hydrogen-bond donors (Lipinski definition) is 0. The van der Waals surface area contributed by atoms with Gasteiger partial charge in [0, 0.05) is 58.7 Å². The van der Waals surface area contributed by atoms with Crippen molar-refractivity contribution in [2.24, 2.45) is 10.3 Å². The fourth-order valence-corrected chi connectivity index (χ4v) is 3.28. The molecule has 0 spiro atoms. The lowest BCUT2D eigenvalue weighted by molar-refractivity contribution is -0.697. The van der Waals surface area contributed by atoms with Gasteiger partial charge in [0.05, 0.1) is 12.4 Å². The van der Waals surface area contributed by atoms with Crippen LogP contribution in [0.5, 0.6) is 0 Å². The van der Waals surface area contributed by atoms with Crippen LogP contribution in [-0.2, 0) is 18.0 Å². The van der Waals surface area contributed by atoms with Crippen LogP contribution in [0.2, 0.25) is 10.0 Å². The molecule has 0 saturated heterocycles. The van der Waals surface area contributed by atoms with Crippen molar-refractivity contribution in [1.82, 2.24) is 4.90 Å². The van der Waals surface area contributed by atoms with Gasteiger partial charge in [-0.1, -0.05) is 34.4 Å². The zero-order chi connectivity index (χ0) is 21.2. The first-order valence-corrected chi connectivity index (χ1v) is 10.1. The van der Waals surface area contributed by atoms with Crippen molar-refractivity contribution >= 4 is 29.4 Å². The SMILES string of the molecule is O=NC=C1C=CN(CCC[n+]2ccc(/C=N/OCc3c(Cl)cccc3Cl)cc2)C=C1. The number of aromatic nitrogens is 1. The normalized spacial score (nSPS) is 13.1. The number of nitrogens with zero attached hydrogens (tertiary/aromatic N) is 4. The lowest BCUT2D eigenvalue weighted by Crippen LogP contribution is -2.34. The summed E-state index contributed by atoms with van der Waals surface area (Å²) in [5, 5.41) is 7.88. The fraction of sp³-hybridized carbons (Fsp3) is 0.182. The van der Waals surface area contributed by atoms with Gasteiger partial charge in [0.1, 0.15) is 13.2 Å². The van der Waals surface area contributed by atoms with Crippen molar-refractivity contribution in [1.29, 1.82) is 0 Å². The highest BCUT2D eigenvalue weighted by molar-refractivity contribution is 6.35. The summed E-state index contributed by atoms with van der Waals surface area (Å²) in [5.41, 5.74) is 2.45. The molecule has 0 N–H and O–H groups in total. The standard InChI is InChI=1S/C22H21Cl2N4O2/c23-21-3-1-4-22(24)20(21)17-30-26-16-19-7-13-28(14-8-19)10-2-9-27-11-5-18(6-12-27)15-25-29/h1,3-8,11-16H,2,9-10,17H2/q+1/b26-16+. The Morgan fingerprint density at radius 1 is 1.07 bits per heavy atom. The summed E-state index contributed by atoms with van der Waals surface area (Å²) in [6.45, 7) is 1.98. The van der Waals surface area contributed by atoms with Gasteiger partial charge in [-0.2, -0.15) is 0 Å². The lowest BCUT2D eigenvalue weighted by Gasteiger charge is -2.17. The summed E-state index contributed by atoms with van der Waals surface area (Å²) >= 11 is 12.2. The van der Waals surface area contributed by atoms with Crippen LogP contribution < -0.4 is 4.57 Å². The van der Waals surface area contributed by atoms with Crippen molar-refractivity contribution in [2.45, 2.75) is 19.6 Å². The molecule has 1 aliphatic rings. The Bertz CT molecular complexity index is 949. The molecule has 0 fully saturated rings. The van der Waals surface area contributed by atoms with Gasteiger partial charge in [-0.25, -0.2) is 4.57 Å². The number of hydrogen-bond acceptors (Lipinski definition) is 5. The van der Waals surface area contributed by atoms with Crippen LogP contribution in [0.4, 0.5) is 0 Å². The number of benzene rings is 1. The molecule has 0 saturated carbocycles. The molecular formula is C22H21Cl2N4O2+. The summed E-state index contributed by atoms with van der Waals surface area (Å²) in [5.74, 6) is 0. The molecule has 1 aromatic carbocycles. The highest BCUT2D eigenvalue weighted by Gasteiger charge is 2.06. The van der Waals surface area contributed by atoms with Gasteiger partial charge in [-0.05, 0) is 35.0 Å². The number of oxime groups is 1. The van der Waals surface area contributed by atoms with Crippen molar-refractivity contribution in [3.8, 4) is 0 Å². The number of aryl methyl sites for hydroxylation is 1. The van der Waals surface area contributed by atoms with E-state index < -0.39 is 0 Å². The molecule has 2 heterocycles. The fourth-order valence-electron chi connectivity index (χ4n) is 2.77. The minimum absolute atomic E-state index is 0.212. The van der Waals surface area contributed by atoms with Crippen LogP contribution in [0.3, 0.4) is 0 Å². The second-order valence-corrected chi connectivity index (χ2v) is 7.35. The second kappa shape index (κ2) is 11.3. The van der Waals surface area contributed by atoms with E-state index in [1.165, 1.54) is 6.20 Å². The average molecular weight is 444 g/mol. The third-order valence-electron chi connectivity index (χ3n) is 4.42. The Morgan fingerprint density at radius 2 is 1.77 bits per heavy atom. The largest absolute Gasteiger partial charge is 0.391 e. The number of allylic oxidation sites excluding steroid dienone is 3. The first kappa shape index (κ1) is 21.7. The van der Waals surface area contributed by atoms with E-state index >= 15 is 0 Å². The van der Waals surface area contributed by atoms with Gasteiger partial charge in [-0.3, -0.25) is 0 Å². The molecule has 154 valence electrons. The van der Waals surface area contributed by atoms with Crippen LogP contribution in [0, 0.1) is 4.91 Å². The van der Waals surface area contributed by atoms with E-state index in [9.17, 15) is 4.91 Å². The molecule has 30 heavy (non-hydrogen) atoms. The first-order chi connectivity index (χ1) is 14.7. The van der Waals surface area contributed by atoms with Gasteiger partial charge in [0.25, 0.3) is 0 Å². The Kier molecular flexibility index (Phi) is 8.18. The van der Waals surface area contributed by atoms with E-state index in [0.717, 1.165) is 36.2 Å². The van der Waals surface area contributed by atoms with Gasteiger partial charge < -0.3 is 9.74 Å². The smallest absolute Gasteiger partial charge is 0.169 e. The van der Waals surface area contributed by atoms with E-state index in [4.69, 9.17) is 28.0 Å². The minimum atomic E-state index is 0.212. The molecular weight excluding hydrogens is 423 g/mol. The maximum absolute atomic E-state index is 10.2. The number of pyridine rings is 1. The molecule has 0 bridgehead atoms. The van der Waals surface area contributed by atoms with E-state index in [-0.39, 0.29) is 6.61 Å². The summed E-state index contributed by atoms with van der Waals surface area (Å²) in [6.07, 6.45) is 15.5. The zero-order valence-corrected chi connectivity index (χ0v) is 17.7. The lowest BCUT2D eigenvalue weighted by atomic mass is 10.2. The molecule has 1 aliphatic heterocycles. The zero-order valence-electron chi connectivity index (χ0n) is 16.2. The highest BCUT2D eigenvalue weighted by Crippen LogP contribution is 2.24. The number of halogens is 2. The minimum Gasteiger partial charge on any atom is -0.391 e. The van der Waals surface area contributed by atoms with E-state index in [2.05, 4.69) is 19.8 Å². The van der Waals surface area contributed by atoms with E-state index in [1.807, 2.05) is 49.1 Å². The van der Waals surface area contributed by atoms with Crippen molar-refractivity contribution in [2.75, 3.05) is 6.54 Å². The summed E-state index contributed by atoms with van der Waals surface area (Å²) < 4.78 is 2.11. The Balaban J connectivity index is 1.41. The van der Waals surface area contributed by atoms with Crippen molar-refractivity contribution < 1.29 is 9.40 Å². The van der Waals surface area contributed by atoms with Crippen LogP contribution in [0.25, 0.3) is 0 Å². The summed E-state index contributed by atoms with van der Waals surface area (Å²) in [4.78, 5) is 17.6. The molecule has 2 aromatic rings. The maximum atomic E-state index is 10.2. The Hall–Kier alpha value is -2.96. The van der Waals surface area contributed by atoms with Crippen LogP contribution in [0.15, 0.2) is 89.4 Å². The summed E-state index contributed by atoms with van der Waals surface area (Å²) in [6, 6.07) is 9.27. The first-order valence-electron chi connectivity index (χ1n) is 9.38. The van der Waals surface area contributed by atoms with E-state index in [0.29, 0.717) is 10.0 Å². The average Bonchev–Trinajstić information content (AvgIpc) is 2.75. The molecule has 0 unspecified atom stereocenters. The van der Waals surface area contributed by atoms with Crippen LogP contribution in [-0.4, -0.2) is 17.7 Å². The van der Waals surface area contributed by atoms with Gasteiger partial charge in [0.2, 0.25) is 0 Å². The predicted octanol–water partition coefficient (Wildman–Crippen LogP) is 5.22. The number of rotatable bonds is 9. The van der Waals surface area contributed by atoms with Gasteiger partial charge in [0.15, 0.2) is 12.4 Å². The van der Waals surface area contributed by atoms with Crippen LogP contribution >= 0.6 is 23.2 Å². The molecule has 0 radical (unpaired) electrons. The predicted molar refractivity (Wildman–Crippen MR) is 119 cm³/mol. The summed E-state index contributed by atoms with van der Waals surface area (Å²) in [7, 11) is 0. The molecule has 3 rings (SSSR count). The second-order valence-electron chi connectivity index (χ2n) is 6.53. The third-order valence-corrected chi connectivity index (χ3v) is 5.12. The third kappa shape index (κ3) is 6.54. The number of nitroso groups, excluding NO2 is 1.